The fraction of sp³-hybridized carbons (Fsp3) is 0.625. The van der Waals surface area contributed by atoms with Gasteiger partial charge in [-0.1, -0.05) is 30.5 Å². The average Bonchev–Trinajstić information content (AvgIpc) is 3.14. The Bertz CT molecular complexity index is 450. The topological polar surface area (TPSA) is 12.0 Å². The zero-order chi connectivity index (χ0) is 13.4. The number of fused-ring (bicyclic) bond motifs is 1. The summed E-state index contributed by atoms with van der Waals surface area (Å²) in [6, 6.07) is 5.67. The van der Waals surface area contributed by atoms with Crippen molar-refractivity contribution in [2.75, 3.05) is 7.05 Å². The van der Waals surface area contributed by atoms with Crippen LogP contribution in [0.15, 0.2) is 18.2 Å². The molecule has 0 spiro atoms. The Balaban J connectivity index is 1.68. The lowest BCUT2D eigenvalue weighted by molar-refractivity contribution is 0.459. The van der Waals surface area contributed by atoms with Gasteiger partial charge in [0.25, 0.3) is 0 Å². The summed E-state index contributed by atoms with van der Waals surface area (Å²) in [5.41, 5.74) is 1.05. The molecule has 2 aliphatic rings. The first-order chi connectivity index (χ1) is 9.20. The first-order valence-electron chi connectivity index (χ1n) is 7.32. The molecule has 3 unspecified atom stereocenters. The molecule has 1 N–H and O–H groups in total. The average molecular weight is 282 g/mol. The highest BCUT2D eigenvalue weighted by molar-refractivity contribution is 6.30. The van der Waals surface area contributed by atoms with Crippen LogP contribution in [0.4, 0.5) is 4.39 Å². The predicted octanol–water partition coefficient (Wildman–Crippen LogP) is 4.05. The zero-order valence-electron chi connectivity index (χ0n) is 11.3. The Morgan fingerprint density at radius 2 is 2.00 bits per heavy atom. The van der Waals surface area contributed by atoms with Crippen LogP contribution in [0.25, 0.3) is 0 Å². The molecule has 0 saturated heterocycles. The quantitative estimate of drug-likeness (QED) is 0.878. The van der Waals surface area contributed by atoms with Gasteiger partial charge in [0.05, 0.1) is 5.02 Å². The summed E-state index contributed by atoms with van der Waals surface area (Å²) in [4.78, 5) is 0. The fourth-order valence-corrected chi connectivity index (χ4v) is 4.11. The van der Waals surface area contributed by atoms with E-state index in [4.69, 9.17) is 11.6 Å². The van der Waals surface area contributed by atoms with Crippen LogP contribution in [0.2, 0.25) is 5.02 Å². The number of halogens is 2. The van der Waals surface area contributed by atoms with Gasteiger partial charge in [-0.2, -0.15) is 0 Å². The molecular weight excluding hydrogens is 261 g/mol. The molecule has 3 rings (SSSR count). The SMILES string of the molecule is CNC(Cc1ccc(Cl)c(F)c1)C1C2CCCCC21. The van der Waals surface area contributed by atoms with Crippen molar-refractivity contribution in [3.8, 4) is 0 Å². The fourth-order valence-electron chi connectivity index (χ4n) is 4.00. The van der Waals surface area contributed by atoms with Crippen molar-refractivity contribution >= 4 is 11.6 Å². The molecule has 0 aromatic heterocycles. The van der Waals surface area contributed by atoms with Crippen molar-refractivity contribution < 1.29 is 4.39 Å². The van der Waals surface area contributed by atoms with Crippen molar-refractivity contribution in [3.05, 3.63) is 34.6 Å². The number of benzene rings is 1. The Hall–Kier alpha value is -0.600. The normalized spacial score (nSPS) is 30.8. The van der Waals surface area contributed by atoms with Crippen molar-refractivity contribution in [3.63, 3.8) is 0 Å². The van der Waals surface area contributed by atoms with Crippen LogP contribution < -0.4 is 5.32 Å². The van der Waals surface area contributed by atoms with Crippen LogP contribution in [0.5, 0.6) is 0 Å². The monoisotopic (exact) mass is 281 g/mol. The Labute approximate surface area is 119 Å². The minimum atomic E-state index is -0.303. The van der Waals surface area contributed by atoms with E-state index in [2.05, 4.69) is 5.32 Å². The van der Waals surface area contributed by atoms with Crippen LogP contribution in [-0.2, 0) is 6.42 Å². The summed E-state index contributed by atoms with van der Waals surface area (Å²) in [5.74, 6) is 2.33. The third-order valence-electron chi connectivity index (χ3n) is 5.00. The third kappa shape index (κ3) is 2.66. The highest BCUT2D eigenvalue weighted by Gasteiger charge is 2.53. The molecule has 104 valence electrons. The van der Waals surface area contributed by atoms with E-state index in [-0.39, 0.29) is 10.8 Å². The van der Waals surface area contributed by atoms with Gasteiger partial charge < -0.3 is 5.32 Å². The van der Waals surface area contributed by atoms with Crippen molar-refractivity contribution in [2.24, 2.45) is 17.8 Å². The van der Waals surface area contributed by atoms with Gasteiger partial charge in [-0.05, 0) is 61.8 Å². The molecule has 3 atom stereocenters. The highest BCUT2D eigenvalue weighted by Crippen LogP contribution is 2.57. The summed E-state index contributed by atoms with van der Waals surface area (Å²) in [5, 5.41) is 3.66. The summed E-state index contributed by atoms with van der Waals surface area (Å²) >= 11 is 5.73. The molecule has 1 aromatic carbocycles. The largest absolute Gasteiger partial charge is 0.316 e. The molecule has 2 saturated carbocycles. The van der Waals surface area contributed by atoms with Gasteiger partial charge in [0.1, 0.15) is 5.82 Å². The first kappa shape index (κ1) is 13.4. The predicted molar refractivity (Wildman–Crippen MR) is 76.9 cm³/mol. The second kappa shape index (κ2) is 5.41. The van der Waals surface area contributed by atoms with E-state index in [1.54, 1.807) is 12.1 Å². The lowest BCUT2D eigenvalue weighted by Gasteiger charge is -2.17. The third-order valence-corrected chi connectivity index (χ3v) is 5.30. The standard InChI is InChI=1S/C16H21ClFN/c1-19-15(16-11-4-2-3-5-12(11)16)9-10-6-7-13(17)14(18)8-10/h6-8,11-12,15-16,19H,2-5,9H2,1H3. The van der Waals surface area contributed by atoms with E-state index in [0.717, 1.165) is 29.7 Å². The van der Waals surface area contributed by atoms with Crippen LogP contribution in [-0.4, -0.2) is 13.1 Å². The van der Waals surface area contributed by atoms with Gasteiger partial charge >= 0.3 is 0 Å². The van der Waals surface area contributed by atoms with Crippen molar-refractivity contribution in [1.29, 1.82) is 0 Å². The molecule has 0 amide bonds. The number of rotatable bonds is 4. The number of hydrogen-bond acceptors (Lipinski definition) is 1. The van der Waals surface area contributed by atoms with Crippen LogP contribution in [0.1, 0.15) is 31.2 Å². The molecule has 3 heteroatoms. The molecule has 19 heavy (non-hydrogen) atoms. The highest BCUT2D eigenvalue weighted by atomic mass is 35.5. The van der Waals surface area contributed by atoms with E-state index < -0.39 is 0 Å². The minimum Gasteiger partial charge on any atom is -0.316 e. The molecule has 1 nitrogen and oxygen atoms in total. The van der Waals surface area contributed by atoms with Gasteiger partial charge in [-0.25, -0.2) is 4.39 Å². The van der Waals surface area contributed by atoms with E-state index in [1.165, 1.54) is 25.7 Å². The Kier molecular flexibility index (Phi) is 3.81. The maximum Gasteiger partial charge on any atom is 0.142 e. The maximum atomic E-state index is 13.5. The van der Waals surface area contributed by atoms with Crippen molar-refractivity contribution in [2.45, 2.75) is 38.1 Å². The zero-order valence-corrected chi connectivity index (χ0v) is 12.1. The van der Waals surface area contributed by atoms with Gasteiger partial charge in [-0.3, -0.25) is 0 Å². The number of likely N-dealkylation sites (N-methyl/N-ethyl adjacent to an activating group) is 1. The lowest BCUT2D eigenvalue weighted by atomic mass is 10.00. The Morgan fingerprint density at radius 3 is 2.58 bits per heavy atom. The van der Waals surface area contributed by atoms with E-state index in [1.807, 2.05) is 13.1 Å². The summed E-state index contributed by atoms with van der Waals surface area (Å²) in [6.07, 6.45) is 6.47. The first-order valence-corrected chi connectivity index (χ1v) is 7.69. The summed E-state index contributed by atoms with van der Waals surface area (Å²) < 4.78 is 13.5. The number of nitrogens with one attached hydrogen (secondary N) is 1. The molecule has 2 aliphatic carbocycles. The Morgan fingerprint density at radius 1 is 1.32 bits per heavy atom. The van der Waals surface area contributed by atoms with Crippen molar-refractivity contribution in [1.82, 2.24) is 5.32 Å². The summed E-state index contributed by atoms with van der Waals surface area (Å²) in [7, 11) is 2.03. The minimum absolute atomic E-state index is 0.213. The lowest BCUT2D eigenvalue weighted by Crippen LogP contribution is -2.31. The molecule has 0 aliphatic heterocycles. The van der Waals surface area contributed by atoms with Crippen LogP contribution in [0.3, 0.4) is 0 Å². The smallest absolute Gasteiger partial charge is 0.142 e. The molecule has 1 aromatic rings. The van der Waals surface area contributed by atoms with Crippen LogP contribution in [0, 0.1) is 23.6 Å². The van der Waals surface area contributed by atoms with E-state index in [0.29, 0.717) is 6.04 Å². The maximum absolute atomic E-state index is 13.5. The molecule has 0 radical (unpaired) electrons. The van der Waals surface area contributed by atoms with Gasteiger partial charge in [0, 0.05) is 6.04 Å². The second-order valence-electron chi connectivity index (χ2n) is 6.04. The molecule has 2 fully saturated rings. The second-order valence-corrected chi connectivity index (χ2v) is 6.44. The molecular formula is C16H21ClFN. The molecule has 0 heterocycles. The van der Waals surface area contributed by atoms with E-state index in [9.17, 15) is 4.39 Å². The summed E-state index contributed by atoms with van der Waals surface area (Å²) in [6.45, 7) is 0. The van der Waals surface area contributed by atoms with E-state index >= 15 is 0 Å². The van der Waals surface area contributed by atoms with Gasteiger partial charge in [0.2, 0.25) is 0 Å². The number of hydrogen-bond donors (Lipinski definition) is 1. The molecule has 0 bridgehead atoms. The van der Waals surface area contributed by atoms with Gasteiger partial charge in [0.15, 0.2) is 0 Å². The van der Waals surface area contributed by atoms with Gasteiger partial charge in [-0.15, -0.1) is 0 Å². The van der Waals surface area contributed by atoms with Crippen LogP contribution >= 0.6 is 11.6 Å².